The standard InChI is InChI=1S/C18H18N4O/c1-13-12-22(18(19)21-13)20-11-15-5-3-4-6-17(15)14-7-9-16(23-2)10-8-14/h3-12H,1-2H3,(H2,19,21). The Kier molecular flexibility index (Phi) is 4.10. The summed E-state index contributed by atoms with van der Waals surface area (Å²) in [6.07, 6.45) is 3.58. The molecule has 3 aromatic rings. The minimum Gasteiger partial charge on any atom is -0.497 e. The molecule has 23 heavy (non-hydrogen) atoms. The first-order chi connectivity index (χ1) is 11.2. The number of nitrogens with two attached hydrogens (primary N) is 1. The van der Waals surface area contributed by atoms with Gasteiger partial charge in [-0.2, -0.15) is 5.10 Å². The van der Waals surface area contributed by atoms with Crippen molar-refractivity contribution in [2.24, 2.45) is 5.10 Å². The molecule has 0 spiro atoms. The van der Waals surface area contributed by atoms with Crippen molar-refractivity contribution in [1.29, 1.82) is 0 Å². The number of benzene rings is 2. The Labute approximate surface area is 135 Å². The zero-order valence-corrected chi connectivity index (χ0v) is 13.1. The fourth-order valence-corrected chi connectivity index (χ4v) is 2.36. The average Bonchev–Trinajstić information content (AvgIpc) is 2.91. The summed E-state index contributed by atoms with van der Waals surface area (Å²) in [6.45, 7) is 1.88. The van der Waals surface area contributed by atoms with Crippen molar-refractivity contribution in [3.63, 3.8) is 0 Å². The number of nitrogen functional groups attached to an aromatic ring is 1. The predicted molar refractivity (Wildman–Crippen MR) is 92.8 cm³/mol. The first-order valence-corrected chi connectivity index (χ1v) is 7.26. The molecule has 0 saturated heterocycles. The minimum atomic E-state index is 0.376. The zero-order valence-electron chi connectivity index (χ0n) is 13.1. The number of aryl methyl sites for hydroxylation is 1. The number of hydrogen-bond donors (Lipinski definition) is 1. The van der Waals surface area contributed by atoms with Crippen molar-refractivity contribution < 1.29 is 4.74 Å². The summed E-state index contributed by atoms with van der Waals surface area (Å²) < 4.78 is 6.78. The predicted octanol–water partition coefficient (Wildman–Crippen LogP) is 3.33. The molecule has 0 atom stereocenters. The van der Waals surface area contributed by atoms with Crippen molar-refractivity contribution in [2.45, 2.75) is 6.92 Å². The lowest BCUT2D eigenvalue weighted by atomic mass is 10.0. The van der Waals surface area contributed by atoms with E-state index in [0.717, 1.165) is 28.1 Å². The van der Waals surface area contributed by atoms with Gasteiger partial charge in [-0.25, -0.2) is 9.66 Å². The van der Waals surface area contributed by atoms with Gasteiger partial charge in [0.2, 0.25) is 5.95 Å². The van der Waals surface area contributed by atoms with Gasteiger partial charge in [-0.15, -0.1) is 0 Å². The van der Waals surface area contributed by atoms with Gasteiger partial charge < -0.3 is 10.5 Å². The summed E-state index contributed by atoms with van der Waals surface area (Å²) in [5.41, 5.74) is 9.84. The van der Waals surface area contributed by atoms with E-state index < -0.39 is 0 Å². The average molecular weight is 306 g/mol. The third kappa shape index (κ3) is 3.23. The molecule has 0 bridgehead atoms. The Morgan fingerprint density at radius 3 is 2.52 bits per heavy atom. The highest BCUT2D eigenvalue weighted by atomic mass is 16.5. The number of ether oxygens (including phenoxy) is 1. The Bertz CT molecular complexity index is 834. The molecule has 0 amide bonds. The topological polar surface area (TPSA) is 65.4 Å². The van der Waals surface area contributed by atoms with Crippen LogP contribution in [0.2, 0.25) is 0 Å². The van der Waals surface area contributed by atoms with Crippen LogP contribution in [-0.4, -0.2) is 23.0 Å². The van der Waals surface area contributed by atoms with Crippen LogP contribution in [0.25, 0.3) is 11.1 Å². The van der Waals surface area contributed by atoms with Gasteiger partial charge in [0.15, 0.2) is 0 Å². The van der Waals surface area contributed by atoms with Gasteiger partial charge in [0.25, 0.3) is 0 Å². The van der Waals surface area contributed by atoms with Crippen molar-refractivity contribution >= 4 is 12.2 Å². The SMILES string of the molecule is COc1ccc(-c2ccccc2C=Nn2cc(C)nc2N)cc1. The normalized spacial score (nSPS) is 11.0. The molecule has 2 N–H and O–H groups in total. The maximum atomic E-state index is 5.81. The van der Waals surface area contributed by atoms with Crippen LogP contribution in [0, 0.1) is 6.92 Å². The Morgan fingerprint density at radius 1 is 1.13 bits per heavy atom. The highest BCUT2D eigenvalue weighted by Crippen LogP contribution is 2.25. The Hall–Kier alpha value is -3.08. The molecule has 0 aliphatic carbocycles. The van der Waals surface area contributed by atoms with Gasteiger partial charge in [0.1, 0.15) is 5.75 Å². The van der Waals surface area contributed by atoms with Gasteiger partial charge in [-0.3, -0.25) is 0 Å². The molecular weight excluding hydrogens is 288 g/mol. The number of nitrogens with zero attached hydrogens (tertiary/aromatic N) is 3. The van der Waals surface area contributed by atoms with E-state index in [2.05, 4.69) is 16.2 Å². The summed E-state index contributed by atoms with van der Waals surface area (Å²) in [5, 5.41) is 4.40. The molecule has 0 aliphatic heterocycles. The Balaban J connectivity index is 1.95. The van der Waals surface area contributed by atoms with E-state index in [1.54, 1.807) is 24.2 Å². The maximum Gasteiger partial charge on any atom is 0.221 e. The van der Waals surface area contributed by atoms with Crippen LogP contribution >= 0.6 is 0 Å². The molecule has 116 valence electrons. The van der Waals surface area contributed by atoms with Gasteiger partial charge in [-0.1, -0.05) is 36.4 Å². The maximum absolute atomic E-state index is 5.81. The molecule has 1 heterocycles. The quantitative estimate of drug-likeness (QED) is 0.752. The van der Waals surface area contributed by atoms with Crippen LogP contribution in [0.5, 0.6) is 5.75 Å². The molecule has 0 unspecified atom stereocenters. The van der Waals surface area contributed by atoms with E-state index in [4.69, 9.17) is 10.5 Å². The van der Waals surface area contributed by atoms with Crippen LogP contribution in [0.4, 0.5) is 5.95 Å². The molecule has 2 aromatic carbocycles. The van der Waals surface area contributed by atoms with Gasteiger partial charge in [0.05, 0.1) is 25.2 Å². The second-order valence-electron chi connectivity index (χ2n) is 5.15. The molecule has 0 saturated carbocycles. The molecular formula is C18H18N4O. The van der Waals surface area contributed by atoms with Crippen LogP contribution in [0.3, 0.4) is 0 Å². The van der Waals surface area contributed by atoms with Gasteiger partial charge >= 0.3 is 0 Å². The summed E-state index contributed by atoms with van der Waals surface area (Å²) in [5.74, 6) is 1.21. The van der Waals surface area contributed by atoms with E-state index in [1.165, 1.54) is 0 Å². The number of methoxy groups -OCH3 is 1. The van der Waals surface area contributed by atoms with Gasteiger partial charge in [0, 0.05) is 5.56 Å². The molecule has 0 fully saturated rings. The molecule has 5 nitrogen and oxygen atoms in total. The fraction of sp³-hybridized carbons (Fsp3) is 0.111. The minimum absolute atomic E-state index is 0.376. The first-order valence-electron chi connectivity index (χ1n) is 7.26. The summed E-state index contributed by atoms with van der Waals surface area (Å²) in [7, 11) is 1.66. The van der Waals surface area contributed by atoms with E-state index in [-0.39, 0.29) is 0 Å². The third-order valence-corrected chi connectivity index (χ3v) is 3.52. The molecule has 1 aromatic heterocycles. The largest absolute Gasteiger partial charge is 0.497 e. The lowest BCUT2D eigenvalue weighted by Crippen LogP contribution is -1.97. The lowest BCUT2D eigenvalue weighted by Gasteiger charge is -2.07. The number of aromatic nitrogens is 2. The van der Waals surface area contributed by atoms with Gasteiger partial charge in [-0.05, 0) is 30.2 Å². The van der Waals surface area contributed by atoms with E-state index >= 15 is 0 Å². The Morgan fingerprint density at radius 2 is 1.87 bits per heavy atom. The number of anilines is 1. The van der Waals surface area contributed by atoms with Crippen LogP contribution < -0.4 is 10.5 Å². The molecule has 0 aliphatic rings. The summed E-state index contributed by atoms with van der Waals surface area (Å²) in [4.78, 5) is 4.14. The monoisotopic (exact) mass is 306 g/mol. The van der Waals surface area contributed by atoms with Crippen molar-refractivity contribution in [2.75, 3.05) is 12.8 Å². The van der Waals surface area contributed by atoms with Crippen molar-refractivity contribution in [3.05, 3.63) is 66.0 Å². The summed E-state index contributed by atoms with van der Waals surface area (Å²) in [6, 6.07) is 16.0. The summed E-state index contributed by atoms with van der Waals surface area (Å²) >= 11 is 0. The molecule has 5 heteroatoms. The third-order valence-electron chi connectivity index (χ3n) is 3.52. The highest BCUT2D eigenvalue weighted by Gasteiger charge is 2.04. The van der Waals surface area contributed by atoms with Crippen molar-refractivity contribution in [1.82, 2.24) is 9.66 Å². The van der Waals surface area contributed by atoms with Crippen LogP contribution in [0.15, 0.2) is 59.8 Å². The van der Waals surface area contributed by atoms with E-state index in [1.807, 2.05) is 49.4 Å². The second-order valence-corrected chi connectivity index (χ2v) is 5.15. The molecule has 0 radical (unpaired) electrons. The number of imidazole rings is 1. The van der Waals surface area contributed by atoms with Crippen molar-refractivity contribution in [3.8, 4) is 16.9 Å². The molecule has 3 rings (SSSR count). The van der Waals surface area contributed by atoms with E-state index in [9.17, 15) is 0 Å². The first kappa shape index (κ1) is 14.8. The van der Waals surface area contributed by atoms with E-state index in [0.29, 0.717) is 5.95 Å². The number of hydrogen-bond acceptors (Lipinski definition) is 4. The van der Waals surface area contributed by atoms with Crippen LogP contribution in [-0.2, 0) is 0 Å². The van der Waals surface area contributed by atoms with Crippen LogP contribution in [0.1, 0.15) is 11.3 Å². The highest BCUT2D eigenvalue weighted by molar-refractivity contribution is 5.90. The zero-order chi connectivity index (χ0) is 16.2. The lowest BCUT2D eigenvalue weighted by molar-refractivity contribution is 0.415. The number of rotatable bonds is 4. The second kappa shape index (κ2) is 6.36. The fourth-order valence-electron chi connectivity index (χ4n) is 2.36. The smallest absolute Gasteiger partial charge is 0.221 e.